The van der Waals surface area contributed by atoms with Crippen LogP contribution in [0.5, 0.6) is 5.75 Å². The van der Waals surface area contributed by atoms with Crippen molar-refractivity contribution in [3.63, 3.8) is 0 Å². The van der Waals surface area contributed by atoms with Gasteiger partial charge in [0.05, 0.1) is 28.0 Å². The van der Waals surface area contributed by atoms with E-state index < -0.39 is 0 Å². The summed E-state index contributed by atoms with van der Waals surface area (Å²) in [4.78, 5) is 17.6. The number of hydrogen-bond donors (Lipinski definition) is 0. The Morgan fingerprint density at radius 1 is 1.22 bits per heavy atom. The molecule has 3 aromatic rings. The lowest BCUT2D eigenvalue weighted by atomic mass is 10.2. The molecule has 0 fully saturated rings. The summed E-state index contributed by atoms with van der Waals surface area (Å²) < 4.78 is 13.7. The van der Waals surface area contributed by atoms with Gasteiger partial charge in [-0.25, -0.2) is 0 Å². The van der Waals surface area contributed by atoms with Crippen LogP contribution in [0.25, 0.3) is 10.2 Å². The van der Waals surface area contributed by atoms with Gasteiger partial charge in [-0.2, -0.15) is 4.99 Å². The Balaban J connectivity index is 1.99. The van der Waals surface area contributed by atoms with E-state index in [1.807, 2.05) is 36.6 Å². The molecule has 0 N–H and O–H groups in total. The molecule has 0 aliphatic carbocycles. The van der Waals surface area contributed by atoms with Gasteiger partial charge in [-0.05, 0) is 50.2 Å². The van der Waals surface area contributed by atoms with E-state index in [4.69, 9.17) is 21.1 Å². The first-order chi connectivity index (χ1) is 13.0. The molecule has 27 heavy (non-hydrogen) atoms. The van der Waals surface area contributed by atoms with Crippen molar-refractivity contribution in [3.05, 3.63) is 57.9 Å². The molecule has 0 aliphatic rings. The second kappa shape index (κ2) is 8.69. The number of rotatable bonds is 6. The Morgan fingerprint density at radius 3 is 2.63 bits per heavy atom. The third kappa shape index (κ3) is 4.58. The molecule has 0 aliphatic heterocycles. The molecular weight excluding hydrogens is 384 g/mol. The van der Waals surface area contributed by atoms with Crippen LogP contribution < -0.4 is 9.54 Å². The van der Waals surface area contributed by atoms with Gasteiger partial charge in [0, 0.05) is 19.2 Å². The highest BCUT2D eigenvalue weighted by molar-refractivity contribution is 7.16. The van der Waals surface area contributed by atoms with Gasteiger partial charge in [-0.1, -0.05) is 29.0 Å². The van der Waals surface area contributed by atoms with E-state index >= 15 is 0 Å². The Morgan fingerprint density at radius 2 is 1.96 bits per heavy atom. The van der Waals surface area contributed by atoms with Crippen molar-refractivity contribution in [3.8, 4) is 5.75 Å². The number of ether oxygens (including phenoxy) is 2. The Bertz CT molecular complexity index is 1010. The highest BCUT2D eigenvalue weighted by Gasteiger charge is 2.12. The quantitative estimate of drug-likeness (QED) is 0.606. The lowest BCUT2D eigenvalue weighted by Crippen LogP contribution is -2.19. The van der Waals surface area contributed by atoms with Crippen molar-refractivity contribution in [2.24, 2.45) is 4.99 Å². The van der Waals surface area contributed by atoms with Gasteiger partial charge in [-0.15, -0.1) is 0 Å². The molecule has 3 rings (SSSR count). The van der Waals surface area contributed by atoms with Crippen molar-refractivity contribution in [1.29, 1.82) is 0 Å². The number of carbonyl (C=O) groups excluding carboxylic acids is 1. The fraction of sp³-hybridized carbons (Fsp3) is 0.300. The number of methoxy groups -OCH3 is 1. The van der Waals surface area contributed by atoms with Gasteiger partial charge in [0.2, 0.25) is 0 Å². The number of carbonyl (C=O) groups is 1. The number of benzene rings is 2. The molecule has 5 nitrogen and oxygen atoms in total. The number of para-hydroxylation sites is 1. The SMILES string of the molecule is COCCn1c(=NC(=O)c2ccc(OC(C)C)cc2)sc2cccc(Cl)c21. The summed E-state index contributed by atoms with van der Waals surface area (Å²) in [7, 11) is 1.64. The van der Waals surface area contributed by atoms with Crippen LogP contribution in [0.4, 0.5) is 0 Å². The van der Waals surface area contributed by atoms with Crippen molar-refractivity contribution in [1.82, 2.24) is 4.57 Å². The van der Waals surface area contributed by atoms with E-state index in [1.54, 1.807) is 31.4 Å². The van der Waals surface area contributed by atoms with Gasteiger partial charge in [-0.3, -0.25) is 4.79 Å². The van der Waals surface area contributed by atoms with Crippen LogP contribution in [0.3, 0.4) is 0 Å². The van der Waals surface area contributed by atoms with Crippen molar-refractivity contribution >= 4 is 39.1 Å². The van der Waals surface area contributed by atoms with Crippen molar-refractivity contribution in [2.45, 2.75) is 26.5 Å². The molecule has 0 saturated carbocycles. The monoisotopic (exact) mass is 404 g/mol. The topological polar surface area (TPSA) is 52.8 Å². The van der Waals surface area contributed by atoms with Gasteiger partial charge >= 0.3 is 0 Å². The van der Waals surface area contributed by atoms with Crippen LogP contribution in [0.15, 0.2) is 47.5 Å². The summed E-state index contributed by atoms with van der Waals surface area (Å²) in [6.07, 6.45) is 0.0827. The maximum atomic E-state index is 12.7. The molecule has 2 aromatic carbocycles. The largest absolute Gasteiger partial charge is 0.491 e. The van der Waals surface area contributed by atoms with Crippen LogP contribution in [0, 0.1) is 0 Å². The maximum Gasteiger partial charge on any atom is 0.279 e. The number of hydrogen-bond acceptors (Lipinski definition) is 4. The maximum absolute atomic E-state index is 12.7. The summed E-state index contributed by atoms with van der Waals surface area (Å²) in [5.74, 6) is 0.422. The molecule has 7 heteroatoms. The van der Waals surface area contributed by atoms with Gasteiger partial charge < -0.3 is 14.0 Å². The van der Waals surface area contributed by atoms with Crippen molar-refractivity contribution < 1.29 is 14.3 Å². The zero-order valence-corrected chi connectivity index (χ0v) is 17.0. The van der Waals surface area contributed by atoms with E-state index in [-0.39, 0.29) is 12.0 Å². The molecule has 0 spiro atoms. The summed E-state index contributed by atoms with van der Waals surface area (Å²) in [6, 6.07) is 12.7. The molecule has 1 amide bonds. The Hall–Kier alpha value is -2.15. The van der Waals surface area contributed by atoms with Crippen LogP contribution in [0.1, 0.15) is 24.2 Å². The van der Waals surface area contributed by atoms with Gasteiger partial charge in [0.1, 0.15) is 5.75 Å². The van der Waals surface area contributed by atoms with E-state index in [2.05, 4.69) is 4.99 Å². The van der Waals surface area contributed by atoms with Crippen LogP contribution in [0.2, 0.25) is 5.02 Å². The van der Waals surface area contributed by atoms with E-state index in [1.165, 1.54) is 11.3 Å². The zero-order chi connectivity index (χ0) is 19.4. The summed E-state index contributed by atoms with van der Waals surface area (Å²) in [5.41, 5.74) is 1.38. The third-order valence-corrected chi connectivity index (χ3v) is 5.19. The first-order valence-corrected chi connectivity index (χ1v) is 9.81. The zero-order valence-electron chi connectivity index (χ0n) is 15.4. The number of amides is 1. The minimum atomic E-state index is -0.306. The number of halogens is 1. The lowest BCUT2D eigenvalue weighted by molar-refractivity contribution is 0.0997. The normalized spacial score (nSPS) is 12.1. The Kier molecular flexibility index (Phi) is 6.31. The van der Waals surface area contributed by atoms with Gasteiger partial charge in [0.25, 0.3) is 5.91 Å². The molecule has 0 atom stereocenters. The van der Waals surface area contributed by atoms with Crippen LogP contribution >= 0.6 is 22.9 Å². The predicted molar refractivity (Wildman–Crippen MR) is 109 cm³/mol. The fourth-order valence-electron chi connectivity index (χ4n) is 2.66. The molecule has 142 valence electrons. The lowest BCUT2D eigenvalue weighted by Gasteiger charge is -2.09. The first kappa shape index (κ1) is 19.6. The summed E-state index contributed by atoms with van der Waals surface area (Å²) in [6.45, 7) is 4.98. The smallest absolute Gasteiger partial charge is 0.279 e. The second-order valence-corrected chi connectivity index (χ2v) is 7.64. The average molecular weight is 405 g/mol. The van der Waals surface area contributed by atoms with Crippen LogP contribution in [-0.2, 0) is 11.3 Å². The van der Waals surface area contributed by atoms with E-state index in [9.17, 15) is 4.79 Å². The molecule has 0 unspecified atom stereocenters. The van der Waals surface area contributed by atoms with Gasteiger partial charge in [0.15, 0.2) is 4.80 Å². The standard InChI is InChI=1S/C20H21ClN2O3S/c1-13(2)26-15-9-7-14(8-10-15)19(24)22-20-23(11-12-25-3)18-16(21)5-4-6-17(18)27-20/h4-10,13H,11-12H2,1-3H3. The van der Waals surface area contributed by atoms with Crippen molar-refractivity contribution in [2.75, 3.05) is 13.7 Å². The van der Waals surface area contributed by atoms with E-state index in [0.717, 1.165) is 16.0 Å². The fourth-order valence-corrected chi connectivity index (χ4v) is 4.08. The molecule has 0 radical (unpaired) electrons. The number of fused-ring (bicyclic) bond motifs is 1. The molecule has 1 aromatic heterocycles. The highest BCUT2D eigenvalue weighted by atomic mass is 35.5. The number of aromatic nitrogens is 1. The third-order valence-electron chi connectivity index (χ3n) is 3.84. The van der Waals surface area contributed by atoms with Crippen LogP contribution in [-0.4, -0.2) is 30.3 Å². The first-order valence-electron chi connectivity index (χ1n) is 8.62. The minimum absolute atomic E-state index is 0.0827. The second-order valence-electron chi connectivity index (χ2n) is 6.22. The number of thiazole rings is 1. The molecule has 1 heterocycles. The number of nitrogens with zero attached hydrogens (tertiary/aromatic N) is 2. The summed E-state index contributed by atoms with van der Waals surface area (Å²) in [5, 5.41) is 0.629. The average Bonchev–Trinajstić information content (AvgIpc) is 2.98. The summed E-state index contributed by atoms with van der Waals surface area (Å²) >= 11 is 7.81. The highest BCUT2D eigenvalue weighted by Crippen LogP contribution is 2.25. The predicted octanol–water partition coefficient (Wildman–Crippen LogP) is 4.53. The Labute approximate surface area is 166 Å². The molecule has 0 bridgehead atoms. The molecule has 0 saturated heterocycles. The minimum Gasteiger partial charge on any atom is -0.491 e. The van der Waals surface area contributed by atoms with E-state index in [0.29, 0.717) is 28.5 Å². The molecular formula is C20H21ClN2O3S.